The van der Waals surface area contributed by atoms with E-state index in [0.29, 0.717) is 0 Å². The summed E-state index contributed by atoms with van der Waals surface area (Å²) in [6, 6.07) is 7.88. The van der Waals surface area contributed by atoms with Crippen LogP contribution in [0.15, 0.2) is 36.4 Å². The average Bonchev–Trinajstić information content (AvgIpc) is 2.33. The zero-order valence-electron chi connectivity index (χ0n) is 8.95. The highest BCUT2D eigenvalue weighted by atomic mass is 127. The minimum absolute atomic E-state index is 0.143. The van der Waals surface area contributed by atoms with Gasteiger partial charge in [0.1, 0.15) is 0 Å². The molecule has 2 nitrogen and oxygen atoms in total. The van der Waals surface area contributed by atoms with E-state index in [1.807, 2.05) is 24.3 Å². The quantitative estimate of drug-likeness (QED) is 0.653. The van der Waals surface area contributed by atoms with Gasteiger partial charge in [0.25, 0.3) is 0 Å². The average molecular weight is 327 g/mol. The Hall–Kier alpha value is -0.840. The van der Waals surface area contributed by atoms with E-state index in [-0.39, 0.29) is 11.8 Å². The molecule has 1 aliphatic carbocycles. The van der Waals surface area contributed by atoms with Crippen LogP contribution in [0.5, 0.6) is 0 Å². The Morgan fingerprint density at radius 1 is 1.25 bits per heavy atom. The molecule has 3 heteroatoms. The lowest BCUT2D eigenvalue weighted by Crippen LogP contribution is -2.23. The number of rotatable bonds is 2. The third-order valence-corrected chi connectivity index (χ3v) is 3.47. The topological polar surface area (TPSA) is 29.1 Å². The van der Waals surface area contributed by atoms with Gasteiger partial charge >= 0.3 is 0 Å². The molecule has 1 unspecified atom stereocenters. The lowest BCUT2D eigenvalue weighted by atomic mass is 9.93. The number of carbonyl (C=O) groups excluding carboxylic acids is 1. The van der Waals surface area contributed by atoms with Gasteiger partial charge in [0.05, 0.1) is 0 Å². The van der Waals surface area contributed by atoms with Crippen LogP contribution in [0.4, 0.5) is 5.69 Å². The predicted octanol–water partition coefficient (Wildman–Crippen LogP) is 3.59. The van der Waals surface area contributed by atoms with Crippen LogP contribution in [-0.2, 0) is 4.79 Å². The molecule has 0 saturated heterocycles. The number of hydrogen-bond acceptors (Lipinski definition) is 1. The van der Waals surface area contributed by atoms with Crippen molar-refractivity contribution < 1.29 is 4.79 Å². The van der Waals surface area contributed by atoms with Gasteiger partial charge in [0.15, 0.2) is 0 Å². The van der Waals surface area contributed by atoms with Crippen molar-refractivity contribution in [2.24, 2.45) is 5.92 Å². The summed E-state index contributed by atoms with van der Waals surface area (Å²) < 4.78 is 1.18. The highest BCUT2D eigenvalue weighted by Crippen LogP contribution is 2.20. The molecule has 0 radical (unpaired) electrons. The number of allylic oxidation sites excluding steroid dienone is 2. The molecule has 1 aromatic rings. The molecular weight excluding hydrogens is 313 g/mol. The normalized spacial score (nSPS) is 19.4. The van der Waals surface area contributed by atoms with Crippen molar-refractivity contribution in [1.82, 2.24) is 0 Å². The van der Waals surface area contributed by atoms with E-state index in [1.165, 1.54) is 3.57 Å². The van der Waals surface area contributed by atoms with Crippen molar-refractivity contribution in [2.75, 3.05) is 5.32 Å². The fourth-order valence-electron chi connectivity index (χ4n) is 1.81. The van der Waals surface area contributed by atoms with Gasteiger partial charge in [0, 0.05) is 15.2 Å². The number of halogens is 1. The van der Waals surface area contributed by atoms with Crippen LogP contribution in [0.25, 0.3) is 0 Å². The minimum Gasteiger partial charge on any atom is -0.326 e. The van der Waals surface area contributed by atoms with E-state index in [1.54, 1.807) is 0 Å². The second-order valence-electron chi connectivity index (χ2n) is 3.98. The molecule has 16 heavy (non-hydrogen) atoms. The summed E-state index contributed by atoms with van der Waals surface area (Å²) >= 11 is 2.25. The summed E-state index contributed by atoms with van der Waals surface area (Å²) in [7, 11) is 0. The molecule has 0 aliphatic heterocycles. The number of nitrogens with one attached hydrogen (secondary N) is 1. The van der Waals surface area contributed by atoms with Crippen LogP contribution in [-0.4, -0.2) is 5.91 Å². The summed E-state index contributed by atoms with van der Waals surface area (Å²) in [6.07, 6.45) is 7.10. The van der Waals surface area contributed by atoms with Gasteiger partial charge in [-0.1, -0.05) is 12.2 Å². The third kappa shape index (κ3) is 3.07. The van der Waals surface area contributed by atoms with Crippen LogP contribution >= 0.6 is 22.6 Å². The van der Waals surface area contributed by atoms with E-state index in [9.17, 15) is 4.79 Å². The van der Waals surface area contributed by atoms with Crippen LogP contribution in [0.1, 0.15) is 19.3 Å². The molecule has 1 amide bonds. The Morgan fingerprint density at radius 3 is 2.62 bits per heavy atom. The Morgan fingerprint density at radius 2 is 2.00 bits per heavy atom. The largest absolute Gasteiger partial charge is 0.326 e. The maximum atomic E-state index is 11.9. The molecular formula is C13H14INO. The number of carbonyl (C=O) groups is 1. The van der Waals surface area contributed by atoms with Gasteiger partial charge in [0.2, 0.25) is 5.91 Å². The van der Waals surface area contributed by atoms with Gasteiger partial charge in [-0.05, 0) is 66.1 Å². The summed E-state index contributed by atoms with van der Waals surface area (Å²) in [6.45, 7) is 0. The SMILES string of the molecule is O=C(Nc1ccc(I)cc1)C1CC=CCC1. The fourth-order valence-corrected chi connectivity index (χ4v) is 2.17. The second-order valence-corrected chi connectivity index (χ2v) is 5.22. The first-order valence-corrected chi connectivity index (χ1v) is 6.55. The van der Waals surface area contributed by atoms with Crippen LogP contribution < -0.4 is 5.32 Å². The van der Waals surface area contributed by atoms with E-state index in [4.69, 9.17) is 0 Å². The molecule has 84 valence electrons. The Balaban J connectivity index is 1.96. The van der Waals surface area contributed by atoms with Crippen molar-refractivity contribution >= 4 is 34.2 Å². The fraction of sp³-hybridized carbons (Fsp3) is 0.308. The molecule has 1 atom stereocenters. The summed E-state index contributed by atoms with van der Waals surface area (Å²) in [5.41, 5.74) is 0.889. The van der Waals surface area contributed by atoms with Crippen molar-refractivity contribution in [3.63, 3.8) is 0 Å². The Labute approximate surface area is 109 Å². The van der Waals surface area contributed by atoms with Crippen LogP contribution in [0.2, 0.25) is 0 Å². The van der Waals surface area contributed by atoms with E-state index < -0.39 is 0 Å². The number of anilines is 1. The van der Waals surface area contributed by atoms with Crippen molar-refractivity contribution in [1.29, 1.82) is 0 Å². The molecule has 2 rings (SSSR count). The first-order chi connectivity index (χ1) is 7.75. The first kappa shape index (κ1) is 11.6. The van der Waals surface area contributed by atoms with Gasteiger partial charge in [-0.15, -0.1) is 0 Å². The van der Waals surface area contributed by atoms with Gasteiger partial charge in [-0.3, -0.25) is 4.79 Å². The highest BCUT2D eigenvalue weighted by Gasteiger charge is 2.18. The summed E-state index contributed by atoms with van der Waals surface area (Å²) in [5.74, 6) is 0.287. The predicted molar refractivity (Wildman–Crippen MR) is 74.3 cm³/mol. The lowest BCUT2D eigenvalue weighted by Gasteiger charge is -2.17. The smallest absolute Gasteiger partial charge is 0.227 e. The molecule has 1 aromatic carbocycles. The molecule has 1 N–H and O–H groups in total. The Kier molecular flexibility index (Phi) is 3.98. The molecule has 1 aliphatic rings. The molecule has 0 heterocycles. The van der Waals surface area contributed by atoms with Gasteiger partial charge in [-0.25, -0.2) is 0 Å². The summed E-state index contributed by atoms with van der Waals surface area (Å²) in [4.78, 5) is 11.9. The zero-order chi connectivity index (χ0) is 11.4. The van der Waals surface area contributed by atoms with E-state index in [0.717, 1.165) is 24.9 Å². The molecule has 0 fully saturated rings. The number of benzene rings is 1. The van der Waals surface area contributed by atoms with E-state index >= 15 is 0 Å². The molecule has 0 bridgehead atoms. The van der Waals surface area contributed by atoms with Crippen LogP contribution in [0, 0.1) is 9.49 Å². The van der Waals surface area contributed by atoms with E-state index in [2.05, 4.69) is 40.1 Å². The minimum atomic E-state index is 0.143. The van der Waals surface area contributed by atoms with Crippen molar-refractivity contribution in [3.8, 4) is 0 Å². The van der Waals surface area contributed by atoms with Crippen LogP contribution in [0.3, 0.4) is 0 Å². The van der Waals surface area contributed by atoms with Crippen molar-refractivity contribution in [2.45, 2.75) is 19.3 Å². The maximum absolute atomic E-state index is 11.9. The van der Waals surface area contributed by atoms with Gasteiger partial charge in [-0.2, -0.15) is 0 Å². The van der Waals surface area contributed by atoms with Gasteiger partial charge < -0.3 is 5.32 Å². The third-order valence-electron chi connectivity index (χ3n) is 2.75. The highest BCUT2D eigenvalue weighted by molar-refractivity contribution is 14.1. The molecule has 0 saturated carbocycles. The first-order valence-electron chi connectivity index (χ1n) is 5.47. The number of amides is 1. The lowest BCUT2D eigenvalue weighted by molar-refractivity contribution is -0.120. The second kappa shape index (κ2) is 5.48. The monoisotopic (exact) mass is 327 g/mol. The standard InChI is InChI=1S/C13H14INO/c14-11-6-8-12(9-7-11)15-13(16)10-4-2-1-3-5-10/h1-2,6-10H,3-5H2,(H,15,16). The van der Waals surface area contributed by atoms with Crippen molar-refractivity contribution in [3.05, 3.63) is 40.0 Å². The number of hydrogen-bond donors (Lipinski definition) is 1. The summed E-state index contributed by atoms with van der Waals surface area (Å²) in [5, 5.41) is 2.96. The zero-order valence-corrected chi connectivity index (χ0v) is 11.1. The Bertz CT molecular complexity index is 397. The molecule has 0 aromatic heterocycles. The molecule has 0 spiro atoms. The maximum Gasteiger partial charge on any atom is 0.227 e.